The van der Waals surface area contributed by atoms with Crippen LogP contribution in [-0.2, 0) is 37.0 Å². The molecule has 5 rings (SSSR count). The zero-order chi connectivity index (χ0) is 38.5. The second-order valence-corrected chi connectivity index (χ2v) is 14.1. The molecule has 12 nitrogen and oxygen atoms in total. The first kappa shape index (κ1) is 39.8. The van der Waals surface area contributed by atoms with E-state index in [-0.39, 0.29) is 23.6 Å². The summed E-state index contributed by atoms with van der Waals surface area (Å²) < 4.78 is 4.70. The van der Waals surface area contributed by atoms with Crippen molar-refractivity contribution in [1.82, 2.24) is 15.1 Å². The van der Waals surface area contributed by atoms with Crippen molar-refractivity contribution >= 4 is 46.8 Å². The number of unbranched alkanes of at least 4 members (excludes halogenated alkanes) is 1. The third-order valence-electron chi connectivity index (χ3n) is 10.1. The van der Waals surface area contributed by atoms with Gasteiger partial charge in [-0.2, -0.15) is 0 Å². The molecular formula is C42H54N6O6. The number of anilines is 3. The summed E-state index contributed by atoms with van der Waals surface area (Å²) in [5.41, 5.74) is 4.50. The fraction of sp³-hybridized carbons (Fsp3) is 0.452. The first-order valence-corrected chi connectivity index (χ1v) is 19.2. The molecule has 0 radical (unpaired) electrons. The number of hydrogen-bond acceptors (Lipinski definition) is 7. The molecule has 5 amide bonds. The van der Waals surface area contributed by atoms with Crippen LogP contribution in [0.25, 0.3) is 0 Å². The lowest BCUT2D eigenvalue weighted by molar-refractivity contribution is -0.138. The Hall–Kier alpha value is -5.39. The Bertz CT molecular complexity index is 1720. The van der Waals surface area contributed by atoms with Gasteiger partial charge in [0.25, 0.3) is 0 Å². The van der Waals surface area contributed by atoms with Crippen LogP contribution in [0.4, 0.5) is 21.9 Å². The van der Waals surface area contributed by atoms with Crippen LogP contribution < -0.4 is 20.9 Å². The number of para-hydroxylation sites is 1. The lowest BCUT2D eigenvalue weighted by Crippen LogP contribution is -2.52. The molecule has 2 aliphatic heterocycles. The van der Waals surface area contributed by atoms with E-state index in [0.717, 1.165) is 36.1 Å². The van der Waals surface area contributed by atoms with Gasteiger partial charge in [0.2, 0.25) is 23.6 Å². The number of nitrogens with zero attached hydrogens (tertiary/aromatic N) is 3. The first-order chi connectivity index (χ1) is 26.2. The lowest BCUT2D eigenvalue weighted by atomic mass is 10.1. The van der Waals surface area contributed by atoms with E-state index < -0.39 is 24.2 Å². The molecule has 54 heavy (non-hydrogen) atoms. The van der Waals surface area contributed by atoms with E-state index in [9.17, 15) is 24.0 Å². The molecule has 2 aliphatic rings. The van der Waals surface area contributed by atoms with E-state index in [2.05, 4.69) is 39.9 Å². The van der Waals surface area contributed by atoms with Gasteiger partial charge in [0.05, 0.1) is 7.11 Å². The summed E-state index contributed by atoms with van der Waals surface area (Å²) in [4.78, 5) is 70.0. The van der Waals surface area contributed by atoms with Crippen molar-refractivity contribution in [3.05, 3.63) is 90.0 Å². The van der Waals surface area contributed by atoms with Crippen molar-refractivity contribution < 1.29 is 28.7 Å². The van der Waals surface area contributed by atoms with Gasteiger partial charge in [-0.1, -0.05) is 69.2 Å². The van der Waals surface area contributed by atoms with Crippen LogP contribution in [0, 0.1) is 0 Å². The number of carbonyl (C=O) groups excluding carboxylic acids is 5. The minimum Gasteiger partial charge on any atom is -0.453 e. The maximum Gasteiger partial charge on any atom is 0.407 e. The van der Waals surface area contributed by atoms with Gasteiger partial charge in [-0.15, -0.1) is 0 Å². The predicted molar refractivity (Wildman–Crippen MR) is 210 cm³/mol. The number of rotatable bonds is 16. The van der Waals surface area contributed by atoms with Gasteiger partial charge >= 0.3 is 6.09 Å². The molecule has 3 atom stereocenters. The molecule has 0 aromatic heterocycles. The normalized spacial score (nSPS) is 17.1. The highest BCUT2D eigenvalue weighted by atomic mass is 16.5. The summed E-state index contributed by atoms with van der Waals surface area (Å²) in [5, 5.41) is 8.63. The number of alkyl carbamates (subject to hydrolysis) is 1. The number of likely N-dealkylation sites (tertiary alicyclic amines) is 2. The van der Waals surface area contributed by atoms with Crippen molar-refractivity contribution in [2.75, 3.05) is 35.7 Å². The third-order valence-corrected chi connectivity index (χ3v) is 10.1. The highest BCUT2D eigenvalue weighted by molar-refractivity contribution is 5.99. The van der Waals surface area contributed by atoms with Gasteiger partial charge in [0.15, 0.2) is 0 Å². The second kappa shape index (κ2) is 19.6. The molecule has 288 valence electrons. The van der Waals surface area contributed by atoms with Crippen LogP contribution in [0.1, 0.15) is 82.8 Å². The number of carbonyl (C=O) groups is 5. The Kier molecular flexibility index (Phi) is 14.5. The second-order valence-electron chi connectivity index (χ2n) is 14.1. The fourth-order valence-electron chi connectivity index (χ4n) is 7.22. The molecule has 3 unspecified atom stereocenters. The molecule has 12 heteroatoms. The highest BCUT2D eigenvalue weighted by Gasteiger charge is 2.38. The van der Waals surface area contributed by atoms with E-state index in [1.54, 1.807) is 9.80 Å². The van der Waals surface area contributed by atoms with Crippen LogP contribution in [0.3, 0.4) is 0 Å². The summed E-state index contributed by atoms with van der Waals surface area (Å²) in [7, 11) is 1.26. The maximum atomic E-state index is 13.4. The quantitative estimate of drug-likeness (QED) is 0.153. The van der Waals surface area contributed by atoms with E-state index in [0.29, 0.717) is 76.1 Å². The van der Waals surface area contributed by atoms with Crippen LogP contribution in [0.2, 0.25) is 0 Å². The van der Waals surface area contributed by atoms with E-state index in [1.807, 2.05) is 73.7 Å². The smallest absolute Gasteiger partial charge is 0.407 e. The molecule has 0 aliphatic carbocycles. The minimum absolute atomic E-state index is 0.0577. The van der Waals surface area contributed by atoms with Gasteiger partial charge in [-0.25, -0.2) is 4.79 Å². The summed E-state index contributed by atoms with van der Waals surface area (Å²) in [5.74, 6) is -0.615. The number of amides is 5. The predicted octanol–water partition coefficient (Wildman–Crippen LogP) is 6.47. The van der Waals surface area contributed by atoms with Gasteiger partial charge < -0.3 is 35.4 Å². The standard InChI is InChI=1S/C42H54N6O6/c1-4-6-17-38(49)47-26-10-15-36(47)39(50)43-32-22-18-30(19-23-32)28-46(34-13-8-7-9-14-34)29-31-20-24-33(25-21-31)44-40(51)37-16-11-27-48(37)41(52)35(12-5-2)45-42(53)54-3/h7-9,13-14,18-25,35-37H,4-6,10-12,15-17,26-29H2,1-3H3,(H,43,50)(H,44,51)(H,45,53). The minimum atomic E-state index is -0.748. The third kappa shape index (κ3) is 10.6. The number of benzene rings is 3. The van der Waals surface area contributed by atoms with E-state index in [1.165, 1.54) is 7.11 Å². The van der Waals surface area contributed by atoms with Gasteiger partial charge in [0, 0.05) is 49.7 Å². The van der Waals surface area contributed by atoms with Gasteiger partial charge in [0.1, 0.15) is 18.1 Å². The Labute approximate surface area is 318 Å². The van der Waals surface area contributed by atoms with Gasteiger partial charge in [-0.3, -0.25) is 19.2 Å². The molecule has 0 bridgehead atoms. The van der Waals surface area contributed by atoms with Crippen molar-refractivity contribution in [1.29, 1.82) is 0 Å². The summed E-state index contributed by atoms with van der Waals surface area (Å²) in [6.45, 7) is 6.30. The van der Waals surface area contributed by atoms with E-state index >= 15 is 0 Å². The highest BCUT2D eigenvalue weighted by Crippen LogP contribution is 2.25. The van der Waals surface area contributed by atoms with Crippen LogP contribution in [0.15, 0.2) is 78.9 Å². The zero-order valence-electron chi connectivity index (χ0n) is 31.7. The average Bonchev–Trinajstić information content (AvgIpc) is 3.89. The Balaban J connectivity index is 1.19. The number of nitrogens with one attached hydrogen (secondary N) is 3. The first-order valence-electron chi connectivity index (χ1n) is 19.2. The number of hydrogen-bond donors (Lipinski definition) is 3. The fourth-order valence-corrected chi connectivity index (χ4v) is 7.22. The summed E-state index contributed by atoms with van der Waals surface area (Å²) in [6.07, 6.45) is 5.49. The van der Waals surface area contributed by atoms with Crippen molar-refractivity contribution in [3.63, 3.8) is 0 Å². The molecule has 3 aromatic rings. The molecule has 0 saturated carbocycles. The zero-order valence-corrected chi connectivity index (χ0v) is 31.7. The molecular weight excluding hydrogens is 684 g/mol. The largest absolute Gasteiger partial charge is 0.453 e. The summed E-state index contributed by atoms with van der Waals surface area (Å²) in [6, 6.07) is 23.9. The number of ether oxygens (including phenoxy) is 1. The molecule has 2 heterocycles. The Morgan fingerprint density at radius 2 is 1.28 bits per heavy atom. The van der Waals surface area contributed by atoms with Crippen molar-refractivity contribution in [3.8, 4) is 0 Å². The topological polar surface area (TPSA) is 140 Å². The van der Waals surface area contributed by atoms with Crippen LogP contribution >= 0.6 is 0 Å². The van der Waals surface area contributed by atoms with Crippen LogP contribution in [-0.4, -0.2) is 77.8 Å². The SMILES string of the molecule is CCCCC(=O)N1CCCC1C(=O)Nc1ccc(CN(Cc2ccc(NC(=O)C3CCCN3C(=O)C(CCC)NC(=O)OC)cc2)c2ccccc2)cc1. The van der Waals surface area contributed by atoms with Crippen LogP contribution in [0.5, 0.6) is 0 Å². The summed E-state index contributed by atoms with van der Waals surface area (Å²) >= 11 is 0. The van der Waals surface area contributed by atoms with Crippen molar-refractivity contribution in [2.24, 2.45) is 0 Å². The molecule has 3 N–H and O–H groups in total. The van der Waals surface area contributed by atoms with Gasteiger partial charge in [-0.05, 0) is 86.1 Å². The monoisotopic (exact) mass is 738 g/mol. The molecule has 2 saturated heterocycles. The molecule has 0 spiro atoms. The average molecular weight is 739 g/mol. The maximum absolute atomic E-state index is 13.4. The van der Waals surface area contributed by atoms with E-state index in [4.69, 9.17) is 4.74 Å². The number of methoxy groups -OCH3 is 1. The molecule has 2 fully saturated rings. The Morgan fingerprint density at radius 3 is 1.80 bits per heavy atom. The molecule has 3 aromatic carbocycles. The Morgan fingerprint density at radius 1 is 0.741 bits per heavy atom. The van der Waals surface area contributed by atoms with Crippen molar-refractivity contribution in [2.45, 2.75) is 103 Å². The lowest BCUT2D eigenvalue weighted by Gasteiger charge is -2.28.